The number of amides is 1. The van der Waals surface area contributed by atoms with Gasteiger partial charge in [-0.15, -0.1) is 0 Å². The number of hydrogen-bond acceptors (Lipinski definition) is 7. The Balaban J connectivity index is 1.32. The number of nitriles is 1. The molecular formula is C21H25N5O3. The molecule has 2 heterocycles. The van der Waals surface area contributed by atoms with Crippen LogP contribution in [0.2, 0.25) is 0 Å². The van der Waals surface area contributed by atoms with Gasteiger partial charge < -0.3 is 14.2 Å². The van der Waals surface area contributed by atoms with Crippen molar-refractivity contribution < 1.29 is 14.1 Å². The quantitative estimate of drug-likeness (QED) is 0.767. The number of piperazine rings is 1. The van der Waals surface area contributed by atoms with Crippen LogP contribution in [-0.4, -0.2) is 59.1 Å². The minimum Gasteiger partial charge on any atom is -0.497 e. The number of aromatic nitrogens is 2. The van der Waals surface area contributed by atoms with Crippen LogP contribution in [0, 0.1) is 16.7 Å². The van der Waals surface area contributed by atoms with Crippen LogP contribution in [0.3, 0.4) is 0 Å². The molecule has 1 aromatic carbocycles. The van der Waals surface area contributed by atoms with Crippen LogP contribution in [0.1, 0.15) is 31.6 Å². The lowest BCUT2D eigenvalue weighted by Gasteiger charge is -2.37. The Kier molecular flexibility index (Phi) is 5.49. The monoisotopic (exact) mass is 395 g/mol. The Morgan fingerprint density at radius 3 is 2.52 bits per heavy atom. The maximum Gasteiger partial charge on any atom is 0.243 e. The van der Waals surface area contributed by atoms with Crippen molar-refractivity contribution in [2.24, 2.45) is 5.41 Å². The van der Waals surface area contributed by atoms with Crippen LogP contribution < -0.4 is 4.74 Å². The van der Waals surface area contributed by atoms with Crippen LogP contribution in [0.25, 0.3) is 11.4 Å². The maximum absolute atomic E-state index is 12.9. The largest absolute Gasteiger partial charge is 0.497 e. The second-order valence-electron chi connectivity index (χ2n) is 7.71. The van der Waals surface area contributed by atoms with E-state index in [0.717, 1.165) is 37.2 Å². The summed E-state index contributed by atoms with van der Waals surface area (Å²) in [6.45, 7) is 3.26. The third-order valence-corrected chi connectivity index (χ3v) is 5.92. The molecular weight excluding hydrogens is 370 g/mol. The van der Waals surface area contributed by atoms with Crippen LogP contribution in [0.5, 0.6) is 5.75 Å². The van der Waals surface area contributed by atoms with E-state index >= 15 is 0 Å². The lowest BCUT2D eigenvalue weighted by Crippen LogP contribution is -2.52. The van der Waals surface area contributed by atoms with Gasteiger partial charge in [0.05, 0.1) is 19.7 Å². The normalized spacial score (nSPS) is 19.1. The molecule has 8 nitrogen and oxygen atoms in total. The first kappa shape index (κ1) is 19.4. The first-order valence-corrected chi connectivity index (χ1v) is 10.0. The van der Waals surface area contributed by atoms with Crippen molar-refractivity contribution in [1.82, 2.24) is 19.9 Å². The molecule has 29 heavy (non-hydrogen) atoms. The van der Waals surface area contributed by atoms with Gasteiger partial charge in [-0.2, -0.15) is 10.2 Å². The Bertz CT molecular complexity index is 888. The lowest BCUT2D eigenvalue weighted by atomic mass is 9.86. The highest BCUT2D eigenvalue weighted by atomic mass is 16.5. The molecule has 0 unspecified atom stereocenters. The first-order valence-electron chi connectivity index (χ1n) is 10.0. The Morgan fingerprint density at radius 1 is 1.21 bits per heavy atom. The highest BCUT2D eigenvalue weighted by Crippen LogP contribution is 2.39. The molecule has 1 aliphatic carbocycles. The highest BCUT2D eigenvalue weighted by molar-refractivity contribution is 5.86. The molecule has 8 heteroatoms. The highest BCUT2D eigenvalue weighted by Gasteiger charge is 2.44. The van der Waals surface area contributed by atoms with Crippen molar-refractivity contribution in [3.8, 4) is 23.2 Å². The fourth-order valence-electron chi connectivity index (χ4n) is 4.13. The van der Waals surface area contributed by atoms with Gasteiger partial charge in [0, 0.05) is 31.7 Å². The van der Waals surface area contributed by atoms with Gasteiger partial charge in [-0.25, -0.2) is 0 Å². The molecule has 4 rings (SSSR count). The summed E-state index contributed by atoms with van der Waals surface area (Å²) in [5.41, 5.74) is 0.0802. The predicted octanol–water partition coefficient (Wildman–Crippen LogP) is 2.47. The van der Waals surface area contributed by atoms with Crippen molar-refractivity contribution in [3.63, 3.8) is 0 Å². The van der Waals surface area contributed by atoms with Gasteiger partial charge in [-0.1, -0.05) is 18.0 Å². The summed E-state index contributed by atoms with van der Waals surface area (Å²) in [6, 6.07) is 9.82. The number of nitrogens with zero attached hydrogens (tertiary/aromatic N) is 5. The van der Waals surface area contributed by atoms with E-state index in [2.05, 4.69) is 21.1 Å². The average molecular weight is 395 g/mol. The lowest BCUT2D eigenvalue weighted by molar-refractivity contribution is -0.140. The molecule has 152 valence electrons. The molecule has 0 bridgehead atoms. The predicted molar refractivity (Wildman–Crippen MR) is 105 cm³/mol. The SMILES string of the molecule is COc1ccc(-c2noc(CN3CCN(C(=O)C4(C#N)CCCC4)CC3)n2)cc1. The molecule has 0 radical (unpaired) electrons. The van der Waals surface area contributed by atoms with E-state index in [1.54, 1.807) is 7.11 Å². The van der Waals surface area contributed by atoms with Gasteiger partial charge >= 0.3 is 0 Å². The third kappa shape index (κ3) is 3.96. The standard InChI is InChI=1S/C21H25N5O3/c1-28-17-6-4-16(5-7-17)19-23-18(29-24-19)14-25-10-12-26(13-11-25)20(27)21(15-22)8-2-3-9-21/h4-7H,2-3,8-14H2,1H3. The van der Waals surface area contributed by atoms with E-state index < -0.39 is 5.41 Å². The molecule has 1 aromatic heterocycles. The second-order valence-corrected chi connectivity index (χ2v) is 7.71. The summed E-state index contributed by atoms with van der Waals surface area (Å²) >= 11 is 0. The Labute approximate surface area is 170 Å². The number of ether oxygens (including phenoxy) is 1. The summed E-state index contributed by atoms with van der Waals surface area (Å²) in [6.07, 6.45) is 3.32. The van der Waals surface area contributed by atoms with Crippen LogP contribution in [0.4, 0.5) is 0 Å². The van der Waals surface area contributed by atoms with Crippen molar-refractivity contribution in [2.75, 3.05) is 33.3 Å². The van der Waals surface area contributed by atoms with Gasteiger partial charge in [0.15, 0.2) is 0 Å². The Morgan fingerprint density at radius 2 is 1.90 bits per heavy atom. The van der Waals surface area contributed by atoms with Crippen molar-refractivity contribution in [1.29, 1.82) is 5.26 Å². The molecule has 2 aromatic rings. The fourth-order valence-corrected chi connectivity index (χ4v) is 4.13. The molecule has 2 aliphatic rings. The van der Waals surface area contributed by atoms with Crippen molar-refractivity contribution in [2.45, 2.75) is 32.2 Å². The molecule has 2 fully saturated rings. The maximum atomic E-state index is 12.9. The van der Waals surface area contributed by atoms with Gasteiger partial charge in [0.2, 0.25) is 17.6 Å². The molecule has 1 aliphatic heterocycles. The number of methoxy groups -OCH3 is 1. The van der Waals surface area contributed by atoms with Gasteiger partial charge in [-0.05, 0) is 37.1 Å². The van der Waals surface area contributed by atoms with E-state index in [0.29, 0.717) is 44.2 Å². The summed E-state index contributed by atoms with van der Waals surface area (Å²) < 4.78 is 10.6. The average Bonchev–Trinajstić information content (AvgIpc) is 3.44. The fraction of sp³-hybridized carbons (Fsp3) is 0.524. The molecule has 1 saturated heterocycles. The van der Waals surface area contributed by atoms with Crippen LogP contribution in [-0.2, 0) is 11.3 Å². The van der Waals surface area contributed by atoms with Crippen LogP contribution in [0.15, 0.2) is 28.8 Å². The minimum atomic E-state index is -0.790. The number of hydrogen-bond donors (Lipinski definition) is 0. The minimum absolute atomic E-state index is 0.0109. The smallest absolute Gasteiger partial charge is 0.243 e. The summed E-state index contributed by atoms with van der Waals surface area (Å²) in [5, 5.41) is 13.6. The summed E-state index contributed by atoms with van der Waals surface area (Å²) in [5.74, 6) is 1.89. The zero-order valence-corrected chi connectivity index (χ0v) is 16.6. The van der Waals surface area contributed by atoms with Crippen molar-refractivity contribution in [3.05, 3.63) is 30.2 Å². The van der Waals surface area contributed by atoms with E-state index in [1.807, 2.05) is 29.2 Å². The van der Waals surface area contributed by atoms with E-state index in [4.69, 9.17) is 9.26 Å². The van der Waals surface area contributed by atoms with E-state index in [-0.39, 0.29) is 5.91 Å². The molecule has 0 atom stereocenters. The molecule has 0 N–H and O–H groups in total. The molecule has 0 spiro atoms. The zero-order chi connectivity index (χ0) is 20.3. The van der Waals surface area contributed by atoms with Gasteiger partial charge in [-0.3, -0.25) is 9.69 Å². The first-order chi connectivity index (χ1) is 14.1. The third-order valence-electron chi connectivity index (χ3n) is 5.92. The Hall–Kier alpha value is -2.92. The van der Waals surface area contributed by atoms with E-state index in [1.165, 1.54) is 0 Å². The zero-order valence-electron chi connectivity index (χ0n) is 16.6. The number of carbonyl (C=O) groups excluding carboxylic acids is 1. The van der Waals surface area contributed by atoms with Crippen LogP contribution >= 0.6 is 0 Å². The number of carbonyl (C=O) groups is 1. The van der Waals surface area contributed by atoms with Crippen molar-refractivity contribution >= 4 is 5.91 Å². The number of rotatable bonds is 5. The topological polar surface area (TPSA) is 95.5 Å². The van der Waals surface area contributed by atoms with E-state index in [9.17, 15) is 10.1 Å². The molecule has 1 saturated carbocycles. The second kappa shape index (κ2) is 8.21. The summed E-state index contributed by atoms with van der Waals surface area (Å²) in [4.78, 5) is 21.4. The summed E-state index contributed by atoms with van der Waals surface area (Å²) in [7, 11) is 1.63. The molecule has 1 amide bonds. The van der Waals surface area contributed by atoms with Gasteiger partial charge in [0.25, 0.3) is 0 Å². The number of benzene rings is 1. The van der Waals surface area contributed by atoms with Gasteiger partial charge in [0.1, 0.15) is 11.2 Å².